The molecule has 1 aliphatic rings. The van der Waals surface area contributed by atoms with Crippen LogP contribution in [0.15, 0.2) is 78.4 Å². The highest BCUT2D eigenvalue weighted by Crippen LogP contribution is 2.40. The fourth-order valence-electron chi connectivity index (χ4n) is 4.38. The van der Waals surface area contributed by atoms with Gasteiger partial charge in [0.05, 0.1) is 13.2 Å². The number of carboxylic acid groups (broad SMARTS) is 1. The maximum Gasteiger partial charge on any atom is 0.326 e. The van der Waals surface area contributed by atoms with Crippen LogP contribution in [0, 0.1) is 6.92 Å². The molecule has 0 radical (unpaired) electrons. The number of hydrogen-bond acceptors (Lipinski definition) is 5. The number of allylic oxidation sites excluding steroid dienone is 1. The van der Waals surface area contributed by atoms with Gasteiger partial charge in [-0.2, -0.15) is 11.8 Å². The molecule has 200 valence electrons. The molecule has 38 heavy (non-hydrogen) atoms. The highest BCUT2D eigenvalue weighted by Gasteiger charge is 2.26. The van der Waals surface area contributed by atoms with Crippen LogP contribution in [0.25, 0.3) is 16.8 Å². The average Bonchev–Trinajstić information content (AvgIpc) is 3.77. The largest absolute Gasteiger partial charge is 0.494 e. The molecule has 0 heterocycles. The molecule has 0 spiro atoms. The van der Waals surface area contributed by atoms with Crippen molar-refractivity contribution in [1.82, 2.24) is 5.32 Å². The van der Waals surface area contributed by atoms with Crippen molar-refractivity contribution in [2.75, 3.05) is 25.2 Å². The summed E-state index contributed by atoms with van der Waals surface area (Å²) in [4.78, 5) is 12.0. The average molecular weight is 532 g/mol. The van der Waals surface area contributed by atoms with Gasteiger partial charge in [-0.3, -0.25) is 0 Å². The van der Waals surface area contributed by atoms with Crippen LogP contribution in [0.2, 0.25) is 0 Å². The van der Waals surface area contributed by atoms with Crippen molar-refractivity contribution in [3.63, 3.8) is 0 Å². The van der Waals surface area contributed by atoms with Gasteiger partial charge in [-0.1, -0.05) is 42.5 Å². The number of thioether (sulfide) groups is 1. The number of benzene rings is 3. The van der Waals surface area contributed by atoms with Gasteiger partial charge < -0.3 is 19.9 Å². The standard InChI is InChI=1S/C32H37NO4S/c1-23-10-6-7-13-27(23)29-22-26(37-20-9-8-19-36-25-11-4-3-5-12-25)16-17-28(29)31(24-14-15-24)33-30(32(34)35)18-21-38-2/h3-7,10-13,16-17,22,30,33H,8-9,14-15,18-21H2,1-2H3,(H,34,35)/t30-/m0/s1. The minimum atomic E-state index is -0.813. The fraction of sp³-hybridized carbons (Fsp3) is 0.344. The van der Waals surface area contributed by atoms with E-state index in [1.54, 1.807) is 11.8 Å². The second-order valence-corrected chi connectivity index (χ2v) is 10.5. The summed E-state index contributed by atoms with van der Waals surface area (Å²) < 4.78 is 11.9. The van der Waals surface area contributed by atoms with Gasteiger partial charge in [0.2, 0.25) is 0 Å². The molecule has 6 heteroatoms. The van der Waals surface area contributed by atoms with E-state index >= 15 is 0 Å². The number of para-hydroxylation sites is 1. The first-order valence-corrected chi connectivity index (χ1v) is 14.7. The minimum absolute atomic E-state index is 0.572. The zero-order valence-electron chi connectivity index (χ0n) is 22.2. The van der Waals surface area contributed by atoms with Crippen molar-refractivity contribution >= 4 is 23.4 Å². The van der Waals surface area contributed by atoms with E-state index in [4.69, 9.17) is 9.47 Å². The SMILES string of the molecule is CSCC[C@H](NC(=C1CC1)c1ccc(OCCCCOc2ccccc2)cc1-c1ccccc1C)C(=O)O. The van der Waals surface area contributed by atoms with Gasteiger partial charge in [0.1, 0.15) is 17.5 Å². The van der Waals surface area contributed by atoms with E-state index in [1.165, 1.54) is 11.1 Å². The molecule has 3 aromatic carbocycles. The number of ether oxygens (including phenoxy) is 2. The molecule has 4 rings (SSSR count). The smallest absolute Gasteiger partial charge is 0.326 e. The molecule has 0 aliphatic heterocycles. The summed E-state index contributed by atoms with van der Waals surface area (Å²) >= 11 is 1.67. The molecule has 1 atom stereocenters. The van der Waals surface area contributed by atoms with Gasteiger partial charge >= 0.3 is 5.97 Å². The van der Waals surface area contributed by atoms with E-state index < -0.39 is 12.0 Å². The predicted molar refractivity (Wildman–Crippen MR) is 157 cm³/mol. The Morgan fingerprint density at radius 3 is 2.26 bits per heavy atom. The Kier molecular flexibility index (Phi) is 10.2. The van der Waals surface area contributed by atoms with Crippen LogP contribution < -0.4 is 14.8 Å². The third-order valence-electron chi connectivity index (χ3n) is 6.60. The van der Waals surface area contributed by atoms with E-state index in [0.717, 1.165) is 65.3 Å². The Morgan fingerprint density at radius 2 is 1.61 bits per heavy atom. The van der Waals surface area contributed by atoms with E-state index in [2.05, 4.69) is 36.5 Å². The third-order valence-corrected chi connectivity index (χ3v) is 7.24. The Hall–Kier alpha value is -3.38. The van der Waals surface area contributed by atoms with Gasteiger partial charge in [-0.15, -0.1) is 0 Å². The topological polar surface area (TPSA) is 67.8 Å². The molecule has 3 aromatic rings. The van der Waals surface area contributed by atoms with Crippen molar-refractivity contribution < 1.29 is 19.4 Å². The molecule has 1 saturated carbocycles. The number of carboxylic acids is 1. The summed E-state index contributed by atoms with van der Waals surface area (Å²) in [5, 5.41) is 13.3. The quantitative estimate of drug-likeness (QED) is 0.202. The molecular weight excluding hydrogens is 494 g/mol. The molecule has 1 aliphatic carbocycles. The lowest BCUT2D eigenvalue weighted by atomic mass is 9.93. The fourth-order valence-corrected chi connectivity index (χ4v) is 4.85. The molecule has 0 bridgehead atoms. The van der Waals surface area contributed by atoms with Gasteiger partial charge in [-0.05, 0) is 104 Å². The number of aryl methyl sites for hydroxylation is 1. The molecule has 0 amide bonds. The van der Waals surface area contributed by atoms with E-state index in [0.29, 0.717) is 19.6 Å². The van der Waals surface area contributed by atoms with E-state index in [9.17, 15) is 9.90 Å². The molecule has 0 aromatic heterocycles. The number of unbranched alkanes of at least 4 members (excludes halogenated alkanes) is 1. The van der Waals surface area contributed by atoms with E-state index in [1.807, 2.05) is 54.8 Å². The number of carbonyl (C=O) groups is 1. The number of aliphatic carboxylic acids is 1. The van der Waals surface area contributed by atoms with E-state index in [-0.39, 0.29) is 0 Å². The van der Waals surface area contributed by atoms with Crippen LogP contribution in [-0.2, 0) is 4.79 Å². The first-order chi connectivity index (χ1) is 18.6. The van der Waals surface area contributed by atoms with Crippen LogP contribution in [0.5, 0.6) is 11.5 Å². The number of nitrogens with one attached hydrogen (secondary N) is 1. The maximum absolute atomic E-state index is 12.0. The lowest BCUT2D eigenvalue weighted by Gasteiger charge is -2.22. The molecule has 1 fully saturated rings. The van der Waals surface area contributed by atoms with Gasteiger partial charge in [0.15, 0.2) is 0 Å². The lowest BCUT2D eigenvalue weighted by molar-refractivity contribution is -0.139. The van der Waals surface area contributed by atoms with Crippen LogP contribution in [-0.4, -0.2) is 42.3 Å². The van der Waals surface area contributed by atoms with Crippen LogP contribution in [0.1, 0.15) is 43.2 Å². The highest BCUT2D eigenvalue weighted by molar-refractivity contribution is 7.98. The van der Waals surface area contributed by atoms with Crippen molar-refractivity contribution in [2.24, 2.45) is 0 Å². The Bertz CT molecular complexity index is 1240. The highest BCUT2D eigenvalue weighted by atomic mass is 32.2. The van der Waals surface area contributed by atoms with Crippen molar-refractivity contribution in [3.8, 4) is 22.6 Å². The number of rotatable bonds is 15. The Balaban J connectivity index is 1.50. The monoisotopic (exact) mass is 531 g/mol. The summed E-state index contributed by atoms with van der Waals surface area (Å²) in [5.74, 6) is 1.68. The molecular formula is C32H37NO4S. The van der Waals surface area contributed by atoms with Crippen molar-refractivity contribution in [1.29, 1.82) is 0 Å². The van der Waals surface area contributed by atoms with Crippen LogP contribution in [0.3, 0.4) is 0 Å². The number of hydrogen-bond donors (Lipinski definition) is 2. The second kappa shape index (κ2) is 14.0. The summed E-state index contributed by atoms with van der Waals surface area (Å²) in [6, 6.07) is 23.7. The second-order valence-electron chi connectivity index (χ2n) is 9.53. The Labute approximate surface area is 230 Å². The van der Waals surface area contributed by atoms with Crippen LogP contribution >= 0.6 is 11.8 Å². The van der Waals surface area contributed by atoms with Crippen LogP contribution in [0.4, 0.5) is 0 Å². The summed E-state index contributed by atoms with van der Waals surface area (Å²) in [7, 11) is 0. The lowest BCUT2D eigenvalue weighted by Crippen LogP contribution is -2.36. The predicted octanol–water partition coefficient (Wildman–Crippen LogP) is 7.20. The molecule has 5 nitrogen and oxygen atoms in total. The summed E-state index contributed by atoms with van der Waals surface area (Å²) in [6.07, 6.45) is 6.36. The molecule has 2 N–H and O–H groups in total. The zero-order chi connectivity index (χ0) is 26.7. The van der Waals surface area contributed by atoms with Crippen molar-refractivity contribution in [3.05, 3.63) is 89.5 Å². The van der Waals surface area contributed by atoms with Gasteiger partial charge in [-0.25, -0.2) is 4.79 Å². The zero-order valence-corrected chi connectivity index (χ0v) is 23.1. The first-order valence-electron chi connectivity index (χ1n) is 13.3. The summed E-state index contributed by atoms with van der Waals surface area (Å²) in [6.45, 7) is 3.37. The Morgan fingerprint density at radius 1 is 0.921 bits per heavy atom. The first kappa shape index (κ1) is 27.6. The van der Waals surface area contributed by atoms with Gasteiger partial charge in [0.25, 0.3) is 0 Å². The third kappa shape index (κ3) is 7.81. The molecule has 0 saturated heterocycles. The minimum Gasteiger partial charge on any atom is -0.494 e. The molecule has 0 unspecified atom stereocenters. The van der Waals surface area contributed by atoms with Crippen molar-refractivity contribution in [2.45, 2.75) is 45.1 Å². The normalized spacial score (nSPS) is 13.1. The van der Waals surface area contributed by atoms with Gasteiger partial charge in [0, 0.05) is 11.3 Å². The maximum atomic E-state index is 12.0. The summed E-state index contributed by atoms with van der Waals surface area (Å²) in [5.41, 5.74) is 6.63.